The summed E-state index contributed by atoms with van der Waals surface area (Å²) in [5.41, 5.74) is 6.42. The second-order valence-electron chi connectivity index (χ2n) is 4.07. The number of methoxy groups -OCH3 is 1. The van der Waals surface area contributed by atoms with Gasteiger partial charge in [-0.1, -0.05) is 0 Å². The number of ether oxygens (including phenoxy) is 1. The standard InChI is InChI=1S/C11H17N3O/c1-15-11(4-2-5-11)8-14-10-7-9(12)3-6-13-10/h3,6-7H,2,4-5,8H2,1H3,(H3,12,13,14). The van der Waals surface area contributed by atoms with Gasteiger partial charge in [0.2, 0.25) is 0 Å². The van der Waals surface area contributed by atoms with Crippen LogP contribution in [0.3, 0.4) is 0 Å². The van der Waals surface area contributed by atoms with Gasteiger partial charge in [0.1, 0.15) is 5.82 Å². The summed E-state index contributed by atoms with van der Waals surface area (Å²) >= 11 is 0. The number of hydrogen-bond donors (Lipinski definition) is 2. The number of hydrogen-bond acceptors (Lipinski definition) is 4. The van der Waals surface area contributed by atoms with Crippen LogP contribution in [-0.2, 0) is 4.74 Å². The van der Waals surface area contributed by atoms with Crippen molar-refractivity contribution in [2.24, 2.45) is 0 Å². The molecule has 82 valence electrons. The van der Waals surface area contributed by atoms with E-state index in [4.69, 9.17) is 10.5 Å². The first-order valence-corrected chi connectivity index (χ1v) is 5.25. The SMILES string of the molecule is COC1(CNc2cc(N)ccn2)CCC1. The highest BCUT2D eigenvalue weighted by molar-refractivity contribution is 5.48. The van der Waals surface area contributed by atoms with E-state index in [1.807, 2.05) is 6.07 Å². The maximum Gasteiger partial charge on any atom is 0.128 e. The van der Waals surface area contributed by atoms with Crippen molar-refractivity contribution in [1.29, 1.82) is 0 Å². The van der Waals surface area contributed by atoms with Crippen molar-refractivity contribution >= 4 is 11.5 Å². The van der Waals surface area contributed by atoms with Crippen molar-refractivity contribution in [1.82, 2.24) is 4.98 Å². The topological polar surface area (TPSA) is 60.2 Å². The molecule has 0 aromatic carbocycles. The Balaban J connectivity index is 1.92. The highest BCUT2D eigenvalue weighted by Gasteiger charge is 2.36. The van der Waals surface area contributed by atoms with Crippen LogP contribution in [0.15, 0.2) is 18.3 Å². The highest BCUT2D eigenvalue weighted by atomic mass is 16.5. The van der Waals surface area contributed by atoms with Gasteiger partial charge in [0.25, 0.3) is 0 Å². The van der Waals surface area contributed by atoms with Gasteiger partial charge in [-0.2, -0.15) is 0 Å². The summed E-state index contributed by atoms with van der Waals surface area (Å²) in [5.74, 6) is 0.818. The molecule has 0 radical (unpaired) electrons. The Hall–Kier alpha value is -1.29. The average molecular weight is 207 g/mol. The van der Waals surface area contributed by atoms with Crippen LogP contribution < -0.4 is 11.1 Å². The zero-order chi connectivity index (χ0) is 10.7. The van der Waals surface area contributed by atoms with E-state index in [2.05, 4.69) is 10.3 Å². The van der Waals surface area contributed by atoms with Crippen LogP contribution in [0, 0.1) is 0 Å². The molecule has 4 nitrogen and oxygen atoms in total. The van der Waals surface area contributed by atoms with Crippen LogP contribution >= 0.6 is 0 Å². The lowest BCUT2D eigenvalue weighted by Gasteiger charge is -2.40. The summed E-state index contributed by atoms with van der Waals surface area (Å²) in [6, 6.07) is 3.61. The van der Waals surface area contributed by atoms with Gasteiger partial charge in [-0.25, -0.2) is 4.98 Å². The summed E-state index contributed by atoms with van der Waals surface area (Å²) in [7, 11) is 1.77. The molecule has 1 heterocycles. The summed E-state index contributed by atoms with van der Waals surface area (Å²) < 4.78 is 5.50. The number of rotatable bonds is 4. The Labute approximate surface area is 89.8 Å². The minimum Gasteiger partial charge on any atom is -0.399 e. The lowest BCUT2D eigenvalue weighted by Crippen LogP contribution is -2.45. The molecule has 0 amide bonds. The molecule has 0 bridgehead atoms. The first-order chi connectivity index (χ1) is 7.24. The van der Waals surface area contributed by atoms with Crippen molar-refractivity contribution in [3.05, 3.63) is 18.3 Å². The fourth-order valence-electron chi connectivity index (χ4n) is 1.82. The predicted molar refractivity (Wildman–Crippen MR) is 60.7 cm³/mol. The fraction of sp³-hybridized carbons (Fsp3) is 0.545. The van der Waals surface area contributed by atoms with Gasteiger partial charge in [-0.3, -0.25) is 0 Å². The van der Waals surface area contributed by atoms with Gasteiger partial charge >= 0.3 is 0 Å². The fourth-order valence-corrected chi connectivity index (χ4v) is 1.82. The molecule has 15 heavy (non-hydrogen) atoms. The molecule has 1 aromatic rings. The molecule has 1 fully saturated rings. The lowest BCUT2D eigenvalue weighted by atomic mass is 9.80. The molecule has 1 aliphatic rings. The lowest BCUT2D eigenvalue weighted by molar-refractivity contribution is -0.0601. The van der Waals surface area contributed by atoms with Crippen LogP contribution in [0.1, 0.15) is 19.3 Å². The monoisotopic (exact) mass is 207 g/mol. The first kappa shape index (κ1) is 10.2. The Morgan fingerprint density at radius 3 is 2.93 bits per heavy atom. The van der Waals surface area contributed by atoms with Crippen molar-refractivity contribution in [2.45, 2.75) is 24.9 Å². The summed E-state index contributed by atoms with van der Waals surface area (Å²) in [4.78, 5) is 4.19. The second kappa shape index (κ2) is 4.06. The Bertz CT molecular complexity index is 331. The maximum absolute atomic E-state index is 5.67. The third-order valence-corrected chi connectivity index (χ3v) is 3.07. The average Bonchev–Trinajstić information content (AvgIpc) is 2.17. The van der Waals surface area contributed by atoms with Crippen LogP contribution in [0.5, 0.6) is 0 Å². The number of nitrogens with two attached hydrogens (primary N) is 1. The number of pyridine rings is 1. The van der Waals surface area contributed by atoms with Crippen molar-refractivity contribution in [3.63, 3.8) is 0 Å². The third kappa shape index (κ3) is 2.21. The molecule has 2 rings (SSSR count). The van der Waals surface area contributed by atoms with E-state index in [1.165, 1.54) is 6.42 Å². The van der Waals surface area contributed by atoms with E-state index in [9.17, 15) is 0 Å². The molecule has 0 spiro atoms. The second-order valence-corrected chi connectivity index (χ2v) is 4.07. The highest BCUT2D eigenvalue weighted by Crippen LogP contribution is 2.34. The van der Waals surface area contributed by atoms with Crippen LogP contribution in [-0.4, -0.2) is 24.2 Å². The van der Waals surface area contributed by atoms with Gasteiger partial charge in [0.15, 0.2) is 0 Å². The van der Waals surface area contributed by atoms with Crippen LogP contribution in [0.2, 0.25) is 0 Å². The summed E-state index contributed by atoms with van der Waals surface area (Å²) in [6.07, 6.45) is 5.20. The molecule has 1 saturated carbocycles. The molecular weight excluding hydrogens is 190 g/mol. The molecule has 0 unspecified atom stereocenters. The van der Waals surface area contributed by atoms with Crippen molar-refractivity contribution < 1.29 is 4.74 Å². The zero-order valence-electron chi connectivity index (χ0n) is 8.99. The van der Waals surface area contributed by atoms with Gasteiger partial charge in [0.05, 0.1) is 5.60 Å². The molecular formula is C11H17N3O. The quantitative estimate of drug-likeness (QED) is 0.788. The molecule has 0 atom stereocenters. The molecule has 0 saturated heterocycles. The van der Waals surface area contributed by atoms with Crippen LogP contribution in [0.25, 0.3) is 0 Å². The smallest absolute Gasteiger partial charge is 0.128 e. The molecule has 0 aliphatic heterocycles. The summed E-state index contributed by atoms with van der Waals surface area (Å²) in [6.45, 7) is 0.806. The Kier molecular flexibility index (Phi) is 2.77. The third-order valence-electron chi connectivity index (χ3n) is 3.07. The van der Waals surface area contributed by atoms with Gasteiger partial charge in [0, 0.05) is 31.6 Å². The number of anilines is 2. The molecule has 1 aromatic heterocycles. The molecule has 4 heteroatoms. The van der Waals surface area contributed by atoms with E-state index in [-0.39, 0.29) is 5.60 Å². The largest absolute Gasteiger partial charge is 0.399 e. The summed E-state index contributed by atoms with van der Waals surface area (Å²) in [5, 5.41) is 3.26. The van der Waals surface area contributed by atoms with Crippen molar-refractivity contribution in [2.75, 3.05) is 24.7 Å². The van der Waals surface area contributed by atoms with Gasteiger partial charge in [-0.05, 0) is 25.3 Å². The minimum atomic E-state index is 0.0201. The van der Waals surface area contributed by atoms with E-state index < -0.39 is 0 Å². The van der Waals surface area contributed by atoms with Crippen LogP contribution in [0.4, 0.5) is 11.5 Å². The first-order valence-electron chi connectivity index (χ1n) is 5.25. The number of nitrogens with one attached hydrogen (secondary N) is 1. The van der Waals surface area contributed by atoms with Crippen molar-refractivity contribution in [3.8, 4) is 0 Å². The number of nitrogens with zero attached hydrogens (tertiary/aromatic N) is 1. The normalized spacial score (nSPS) is 18.2. The molecule has 1 aliphatic carbocycles. The van der Waals surface area contributed by atoms with E-state index >= 15 is 0 Å². The van der Waals surface area contributed by atoms with Gasteiger partial charge in [-0.15, -0.1) is 0 Å². The van der Waals surface area contributed by atoms with E-state index in [1.54, 1.807) is 19.4 Å². The zero-order valence-corrected chi connectivity index (χ0v) is 8.99. The minimum absolute atomic E-state index is 0.0201. The Morgan fingerprint density at radius 1 is 1.60 bits per heavy atom. The number of aromatic nitrogens is 1. The Morgan fingerprint density at radius 2 is 2.40 bits per heavy atom. The molecule has 3 N–H and O–H groups in total. The maximum atomic E-state index is 5.67. The van der Waals surface area contributed by atoms with Gasteiger partial charge < -0.3 is 15.8 Å². The predicted octanol–water partition coefficient (Wildman–Crippen LogP) is 1.64. The van der Waals surface area contributed by atoms with E-state index in [0.717, 1.165) is 30.9 Å². The van der Waals surface area contributed by atoms with E-state index in [0.29, 0.717) is 0 Å². The number of nitrogen functional groups attached to an aromatic ring is 1.